The molecule has 52 heavy (non-hydrogen) atoms. The number of ether oxygens (including phenoxy) is 1. The van der Waals surface area contributed by atoms with Gasteiger partial charge in [-0.05, 0) is 54.8 Å². The van der Waals surface area contributed by atoms with Crippen molar-refractivity contribution in [3.05, 3.63) is 12.7 Å². The van der Waals surface area contributed by atoms with E-state index in [0.29, 0.717) is 38.8 Å². The average molecular weight is 727 g/mol. The lowest BCUT2D eigenvalue weighted by molar-refractivity contribution is -0.153. The minimum Gasteiger partial charge on any atom is -0.379 e. The number of imide groups is 1. The van der Waals surface area contributed by atoms with E-state index in [1.165, 1.54) is 15.9 Å². The average Bonchev–Trinajstić information content (AvgIpc) is 3.46. The fraction of sp³-hybridized carbons (Fsp3) is 0.763. The van der Waals surface area contributed by atoms with Gasteiger partial charge in [0.05, 0.1) is 18.7 Å². The van der Waals surface area contributed by atoms with Crippen molar-refractivity contribution in [3.63, 3.8) is 0 Å². The summed E-state index contributed by atoms with van der Waals surface area (Å²) in [5, 5.41) is 11.1. The summed E-state index contributed by atoms with van der Waals surface area (Å²) in [6.45, 7) is 14.1. The third-order valence-corrected chi connectivity index (χ3v) is 12.1. The Bertz CT molecular complexity index is 1420. The highest BCUT2D eigenvalue weighted by Gasteiger charge is 2.69. The van der Waals surface area contributed by atoms with Gasteiger partial charge in [-0.15, -0.1) is 6.58 Å². The Morgan fingerprint density at radius 2 is 1.63 bits per heavy atom. The van der Waals surface area contributed by atoms with E-state index in [2.05, 4.69) is 27.8 Å². The van der Waals surface area contributed by atoms with Crippen molar-refractivity contribution in [2.24, 2.45) is 34.5 Å². The normalized spacial score (nSPS) is 31.5. The molecule has 7 amide bonds. The molecule has 8 atom stereocenters. The molecule has 288 valence electrons. The first-order valence-electron chi connectivity index (χ1n) is 19.1. The number of carbonyl (C=O) groups is 7. The fourth-order valence-corrected chi connectivity index (χ4v) is 8.64. The van der Waals surface area contributed by atoms with Crippen LogP contribution in [0.2, 0.25) is 0 Å². The summed E-state index contributed by atoms with van der Waals surface area (Å²) in [7, 11) is 0. The van der Waals surface area contributed by atoms with Crippen LogP contribution in [0.3, 0.4) is 0 Å². The maximum Gasteiger partial charge on any atom is 0.315 e. The number of amides is 7. The molecule has 14 heteroatoms. The number of hydrogen-bond acceptors (Lipinski definition) is 8. The lowest BCUT2D eigenvalue weighted by atomic mass is 9.85. The number of carbonyl (C=O) groups excluding carboxylic acids is 7. The van der Waals surface area contributed by atoms with Crippen LogP contribution in [0, 0.1) is 34.5 Å². The minimum absolute atomic E-state index is 0.0228. The van der Waals surface area contributed by atoms with Crippen LogP contribution >= 0.6 is 0 Å². The second-order valence-corrected chi connectivity index (χ2v) is 17.0. The van der Waals surface area contributed by atoms with Gasteiger partial charge in [0.2, 0.25) is 29.4 Å². The van der Waals surface area contributed by atoms with Gasteiger partial charge in [-0.1, -0.05) is 66.4 Å². The summed E-state index contributed by atoms with van der Waals surface area (Å²) in [4.78, 5) is 97.2. The molecule has 0 aromatic rings. The molecule has 0 radical (unpaired) electrons. The van der Waals surface area contributed by atoms with Gasteiger partial charge >= 0.3 is 6.03 Å². The molecule has 4 N–H and O–H groups in total. The van der Waals surface area contributed by atoms with E-state index in [-0.39, 0.29) is 67.0 Å². The molecule has 3 aliphatic heterocycles. The third-order valence-electron chi connectivity index (χ3n) is 12.1. The molecule has 0 spiro atoms. The van der Waals surface area contributed by atoms with Gasteiger partial charge in [0.1, 0.15) is 12.1 Å². The predicted octanol–water partition coefficient (Wildman–Crippen LogP) is 2.06. The number of urea groups is 1. The number of fused-ring (bicyclic) bond motifs is 5. The van der Waals surface area contributed by atoms with E-state index in [0.717, 1.165) is 25.7 Å². The Morgan fingerprint density at radius 3 is 2.29 bits per heavy atom. The number of ketones is 1. The molecule has 14 nitrogen and oxygen atoms in total. The monoisotopic (exact) mass is 726 g/mol. The topological polar surface area (TPSA) is 183 Å². The lowest BCUT2D eigenvalue weighted by Gasteiger charge is -2.38. The van der Waals surface area contributed by atoms with Crippen LogP contribution in [0.1, 0.15) is 92.4 Å². The molecule has 2 bridgehead atoms. The van der Waals surface area contributed by atoms with Gasteiger partial charge < -0.3 is 30.9 Å². The third kappa shape index (κ3) is 8.52. The standard InChI is InChI=1S/C38H58N6O8/c1-7-16-39-32(47)30(45)25-13-11-9-8-10-12-17-52-21-26(35(50)43-19-24-28(38(24,5)6)29(43)31(46)40-25)41-36(51)42-27(37(2,3)4)20-44-33(48)22-14-15-23(18-22)34(44)49/h7,22-29H,1,8-21H2,2-6H3,(H,39,47)(H,40,46)(H2,41,42,51)/t22-,23+,24-,25-,26-,27+,28-,29-/m0/s1. The van der Waals surface area contributed by atoms with Crippen molar-refractivity contribution in [3.8, 4) is 0 Å². The van der Waals surface area contributed by atoms with Crippen LogP contribution in [0.4, 0.5) is 4.79 Å². The van der Waals surface area contributed by atoms with Crippen molar-refractivity contribution in [1.82, 2.24) is 31.1 Å². The number of likely N-dealkylation sites (tertiary alicyclic amines) is 1. The van der Waals surface area contributed by atoms with Gasteiger partial charge in [0.15, 0.2) is 0 Å². The molecule has 0 unspecified atom stereocenters. The van der Waals surface area contributed by atoms with E-state index in [1.54, 1.807) is 0 Å². The van der Waals surface area contributed by atoms with Crippen LogP contribution in [0.25, 0.3) is 0 Å². The maximum atomic E-state index is 14.4. The Balaban J connectivity index is 1.34. The number of piperidine rings is 2. The Kier molecular flexibility index (Phi) is 12.2. The van der Waals surface area contributed by atoms with E-state index in [9.17, 15) is 33.6 Å². The minimum atomic E-state index is -1.14. The highest BCUT2D eigenvalue weighted by atomic mass is 16.5. The first-order valence-corrected chi connectivity index (χ1v) is 19.1. The van der Waals surface area contributed by atoms with Gasteiger partial charge in [-0.25, -0.2) is 4.79 Å². The van der Waals surface area contributed by atoms with Crippen molar-refractivity contribution in [2.45, 2.75) is 117 Å². The number of nitrogens with zero attached hydrogens (tertiary/aromatic N) is 2. The zero-order chi connectivity index (χ0) is 38.0. The van der Waals surface area contributed by atoms with Crippen molar-refractivity contribution in [2.75, 3.05) is 32.8 Å². The van der Waals surface area contributed by atoms with Crippen LogP contribution in [0.5, 0.6) is 0 Å². The van der Waals surface area contributed by atoms with E-state index in [4.69, 9.17) is 4.74 Å². The summed E-state index contributed by atoms with van der Waals surface area (Å²) in [5.41, 5.74) is -0.767. The summed E-state index contributed by atoms with van der Waals surface area (Å²) in [6.07, 6.45) is 7.59. The molecule has 3 heterocycles. The van der Waals surface area contributed by atoms with Crippen LogP contribution < -0.4 is 21.3 Å². The molecule has 5 rings (SSSR count). The zero-order valence-corrected chi connectivity index (χ0v) is 31.5. The number of rotatable bonds is 8. The van der Waals surface area contributed by atoms with Gasteiger partial charge in [0.25, 0.3) is 5.91 Å². The Hall–Kier alpha value is -3.81. The van der Waals surface area contributed by atoms with Crippen molar-refractivity contribution < 1.29 is 38.3 Å². The van der Waals surface area contributed by atoms with E-state index >= 15 is 0 Å². The van der Waals surface area contributed by atoms with Gasteiger partial charge in [0, 0.05) is 38.1 Å². The molecule has 2 aliphatic carbocycles. The molecular weight excluding hydrogens is 668 g/mol. The fourth-order valence-electron chi connectivity index (χ4n) is 8.64. The first-order chi connectivity index (χ1) is 24.6. The first kappa shape index (κ1) is 39.4. The highest BCUT2D eigenvalue weighted by molar-refractivity contribution is 6.38. The highest BCUT2D eigenvalue weighted by Crippen LogP contribution is 2.65. The van der Waals surface area contributed by atoms with Crippen molar-refractivity contribution in [1.29, 1.82) is 0 Å². The summed E-state index contributed by atoms with van der Waals surface area (Å²) in [6, 6.07) is -4.36. The Morgan fingerprint density at radius 1 is 0.981 bits per heavy atom. The van der Waals surface area contributed by atoms with E-state index < -0.39 is 59.1 Å². The van der Waals surface area contributed by atoms with Gasteiger partial charge in [-0.2, -0.15) is 0 Å². The quantitative estimate of drug-likeness (QED) is 0.167. The SMILES string of the molecule is C=CCNC(=O)C(=O)[C@@H]1CCCCCCCOC[C@H](NC(=O)N[C@H](CN2C(=O)[C@@H]3CC[C@@H](C3)C2=O)C(C)(C)C)C(=O)N2C[C@H]3[C@@H]([C@H]2C(=O)N1)C3(C)C. The van der Waals surface area contributed by atoms with Crippen LogP contribution in [0.15, 0.2) is 12.7 Å². The Labute approximate surface area is 306 Å². The molecule has 0 aromatic carbocycles. The largest absolute Gasteiger partial charge is 0.379 e. The predicted molar refractivity (Wildman–Crippen MR) is 191 cm³/mol. The number of nitrogens with one attached hydrogen (secondary N) is 4. The zero-order valence-electron chi connectivity index (χ0n) is 31.5. The number of hydrogen-bond donors (Lipinski definition) is 4. The molecule has 2 saturated carbocycles. The van der Waals surface area contributed by atoms with Crippen LogP contribution in [-0.4, -0.2) is 108 Å². The summed E-state index contributed by atoms with van der Waals surface area (Å²) >= 11 is 0. The molecule has 5 fully saturated rings. The maximum absolute atomic E-state index is 14.4. The smallest absolute Gasteiger partial charge is 0.315 e. The molecular formula is C38H58N6O8. The van der Waals surface area contributed by atoms with Crippen molar-refractivity contribution >= 4 is 41.4 Å². The lowest BCUT2D eigenvalue weighted by Crippen LogP contribution is -2.62. The summed E-state index contributed by atoms with van der Waals surface area (Å²) < 4.78 is 5.95. The second-order valence-electron chi connectivity index (χ2n) is 17.0. The van der Waals surface area contributed by atoms with Crippen LogP contribution in [-0.2, 0) is 33.5 Å². The summed E-state index contributed by atoms with van der Waals surface area (Å²) in [5.74, 6) is -3.40. The molecule has 3 saturated heterocycles. The van der Waals surface area contributed by atoms with E-state index in [1.807, 2.05) is 34.6 Å². The molecule has 0 aromatic heterocycles. The number of Topliss-reactive ketones (excluding diaryl/α,β-unsaturated/α-hetero) is 1. The second kappa shape index (κ2) is 16.1. The van der Waals surface area contributed by atoms with Gasteiger partial charge in [-0.3, -0.25) is 33.7 Å². The molecule has 5 aliphatic rings.